The quantitative estimate of drug-likeness (QED) is 0.509. The molecular formula is C17H15N3O5. The fourth-order valence-corrected chi connectivity index (χ4v) is 2.63. The first kappa shape index (κ1) is 16.4. The molecule has 0 aromatic heterocycles. The number of nitrogens with one attached hydrogen (secondary N) is 1. The lowest BCUT2D eigenvalue weighted by Crippen LogP contribution is -2.34. The van der Waals surface area contributed by atoms with Crippen LogP contribution in [0.1, 0.15) is 6.42 Å². The standard InChI is InChI=1S/C17H15N3O5/c1-25-14-8-6-12(7-9-14)19-16(21)10-15(17(19)22)18-11-2-4-13(5-3-11)20(23)24/h2-9,15,18H,10H2,1H3. The van der Waals surface area contributed by atoms with Crippen molar-refractivity contribution in [3.05, 3.63) is 58.6 Å². The molecule has 3 rings (SSSR count). The van der Waals surface area contributed by atoms with Crippen LogP contribution >= 0.6 is 0 Å². The first-order valence-electron chi connectivity index (χ1n) is 7.51. The van der Waals surface area contributed by atoms with E-state index in [2.05, 4.69) is 5.32 Å². The van der Waals surface area contributed by atoms with E-state index in [1.54, 1.807) is 24.3 Å². The van der Waals surface area contributed by atoms with Crippen molar-refractivity contribution < 1.29 is 19.2 Å². The van der Waals surface area contributed by atoms with Crippen molar-refractivity contribution in [2.45, 2.75) is 12.5 Å². The van der Waals surface area contributed by atoms with Crippen LogP contribution in [0.15, 0.2) is 48.5 Å². The number of nitrogens with zero attached hydrogens (tertiary/aromatic N) is 2. The van der Waals surface area contributed by atoms with E-state index in [0.717, 1.165) is 4.90 Å². The van der Waals surface area contributed by atoms with Gasteiger partial charge in [0.05, 0.1) is 24.1 Å². The molecule has 1 N–H and O–H groups in total. The van der Waals surface area contributed by atoms with Crippen molar-refractivity contribution in [3.8, 4) is 5.75 Å². The molecule has 1 saturated heterocycles. The molecule has 2 aromatic carbocycles. The van der Waals surface area contributed by atoms with Crippen LogP contribution in [0.4, 0.5) is 17.1 Å². The highest BCUT2D eigenvalue weighted by Crippen LogP contribution is 2.27. The number of ether oxygens (including phenoxy) is 1. The third-order valence-corrected chi connectivity index (χ3v) is 3.90. The summed E-state index contributed by atoms with van der Waals surface area (Å²) in [7, 11) is 1.53. The fourth-order valence-electron chi connectivity index (χ4n) is 2.63. The number of hydrogen-bond donors (Lipinski definition) is 1. The van der Waals surface area contributed by atoms with Crippen LogP contribution < -0.4 is 15.0 Å². The Labute approximate surface area is 143 Å². The van der Waals surface area contributed by atoms with Crippen molar-refractivity contribution in [2.24, 2.45) is 0 Å². The number of methoxy groups -OCH3 is 1. The Morgan fingerprint density at radius 3 is 2.32 bits per heavy atom. The number of hydrogen-bond acceptors (Lipinski definition) is 6. The Bertz CT molecular complexity index is 817. The van der Waals surface area contributed by atoms with Gasteiger partial charge in [-0.1, -0.05) is 0 Å². The van der Waals surface area contributed by atoms with Crippen LogP contribution in [0.25, 0.3) is 0 Å². The number of carbonyl (C=O) groups is 2. The first-order chi connectivity index (χ1) is 12.0. The van der Waals surface area contributed by atoms with E-state index in [1.807, 2.05) is 0 Å². The number of imide groups is 1. The molecule has 2 aromatic rings. The molecule has 1 atom stereocenters. The van der Waals surface area contributed by atoms with E-state index in [0.29, 0.717) is 17.1 Å². The molecule has 1 heterocycles. The summed E-state index contributed by atoms with van der Waals surface area (Å²) in [5, 5.41) is 13.6. The smallest absolute Gasteiger partial charge is 0.269 e. The number of anilines is 2. The summed E-state index contributed by atoms with van der Waals surface area (Å²) in [6, 6.07) is 11.6. The third-order valence-electron chi connectivity index (χ3n) is 3.90. The second kappa shape index (κ2) is 6.60. The van der Waals surface area contributed by atoms with E-state index < -0.39 is 11.0 Å². The summed E-state index contributed by atoms with van der Waals surface area (Å²) < 4.78 is 5.06. The Balaban J connectivity index is 1.75. The van der Waals surface area contributed by atoms with Crippen molar-refractivity contribution in [1.82, 2.24) is 0 Å². The minimum atomic E-state index is -0.712. The molecule has 1 fully saturated rings. The van der Waals surface area contributed by atoms with E-state index >= 15 is 0 Å². The summed E-state index contributed by atoms with van der Waals surface area (Å²) >= 11 is 0. The highest BCUT2D eigenvalue weighted by Gasteiger charge is 2.39. The van der Waals surface area contributed by atoms with Gasteiger partial charge in [-0.3, -0.25) is 19.7 Å². The Hall–Kier alpha value is -3.42. The number of non-ortho nitro benzene ring substituents is 1. The van der Waals surface area contributed by atoms with Crippen LogP contribution in [0.5, 0.6) is 5.75 Å². The Morgan fingerprint density at radius 2 is 1.76 bits per heavy atom. The van der Waals surface area contributed by atoms with Gasteiger partial charge in [0.1, 0.15) is 11.8 Å². The van der Waals surface area contributed by atoms with E-state index in [4.69, 9.17) is 4.74 Å². The molecular weight excluding hydrogens is 326 g/mol. The molecule has 0 saturated carbocycles. The molecule has 0 aliphatic carbocycles. The fraction of sp³-hybridized carbons (Fsp3) is 0.176. The maximum Gasteiger partial charge on any atom is 0.269 e. The minimum absolute atomic E-state index is 0.0157. The van der Waals surface area contributed by atoms with Gasteiger partial charge in [0.2, 0.25) is 5.91 Å². The molecule has 0 radical (unpaired) electrons. The van der Waals surface area contributed by atoms with Crippen molar-refractivity contribution in [2.75, 3.05) is 17.3 Å². The van der Waals surface area contributed by atoms with Crippen molar-refractivity contribution >= 4 is 28.9 Å². The van der Waals surface area contributed by atoms with Gasteiger partial charge in [0, 0.05) is 17.8 Å². The van der Waals surface area contributed by atoms with Gasteiger partial charge < -0.3 is 10.1 Å². The summed E-state index contributed by atoms with van der Waals surface area (Å²) in [5.41, 5.74) is 0.969. The molecule has 2 amide bonds. The van der Waals surface area contributed by atoms with Crippen LogP contribution in [0.3, 0.4) is 0 Å². The zero-order valence-electron chi connectivity index (χ0n) is 13.3. The number of benzene rings is 2. The van der Waals surface area contributed by atoms with Gasteiger partial charge >= 0.3 is 0 Å². The number of amides is 2. The van der Waals surface area contributed by atoms with Gasteiger partial charge in [-0.25, -0.2) is 4.90 Å². The molecule has 0 spiro atoms. The average molecular weight is 341 g/mol. The summed E-state index contributed by atoms with van der Waals surface area (Å²) in [5.74, 6) is -0.0495. The second-order valence-corrected chi connectivity index (χ2v) is 5.47. The lowest BCUT2D eigenvalue weighted by molar-refractivity contribution is -0.384. The maximum atomic E-state index is 12.6. The largest absolute Gasteiger partial charge is 0.497 e. The highest BCUT2D eigenvalue weighted by molar-refractivity contribution is 6.23. The minimum Gasteiger partial charge on any atom is -0.497 e. The number of rotatable bonds is 5. The molecule has 128 valence electrons. The molecule has 1 aliphatic heterocycles. The maximum absolute atomic E-state index is 12.6. The third kappa shape index (κ3) is 3.27. The highest BCUT2D eigenvalue weighted by atomic mass is 16.6. The molecule has 0 bridgehead atoms. The van der Waals surface area contributed by atoms with Crippen LogP contribution in [0.2, 0.25) is 0 Å². The summed E-state index contributed by atoms with van der Waals surface area (Å²) in [6.07, 6.45) is 0.0157. The SMILES string of the molecule is COc1ccc(N2C(=O)CC(Nc3ccc([N+](=O)[O-])cc3)C2=O)cc1. The zero-order chi connectivity index (χ0) is 18.0. The molecule has 8 heteroatoms. The van der Waals surface area contributed by atoms with E-state index in [9.17, 15) is 19.7 Å². The first-order valence-corrected chi connectivity index (χ1v) is 7.51. The topological polar surface area (TPSA) is 102 Å². The summed E-state index contributed by atoms with van der Waals surface area (Å²) in [4.78, 5) is 36.1. The molecule has 8 nitrogen and oxygen atoms in total. The van der Waals surface area contributed by atoms with Crippen LogP contribution in [0, 0.1) is 10.1 Å². The number of nitro groups is 1. The normalized spacial score (nSPS) is 16.8. The van der Waals surface area contributed by atoms with Gasteiger partial charge in [0.25, 0.3) is 11.6 Å². The molecule has 25 heavy (non-hydrogen) atoms. The lowest BCUT2D eigenvalue weighted by Gasteiger charge is -2.16. The van der Waals surface area contributed by atoms with Crippen molar-refractivity contribution in [1.29, 1.82) is 0 Å². The van der Waals surface area contributed by atoms with E-state index in [-0.39, 0.29) is 23.9 Å². The van der Waals surface area contributed by atoms with Crippen molar-refractivity contribution in [3.63, 3.8) is 0 Å². The van der Waals surface area contributed by atoms with E-state index in [1.165, 1.54) is 31.4 Å². The zero-order valence-corrected chi connectivity index (χ0v) is 13.3. The summed E-state index contributed by atoms with van der Waals surface area (Å²) in [6.45, 7) is 0. The predicted octanol–water partition coefficient (Wildman–Crippen LogP) is 2.35. The number of nitro benzene ring substituents is 1. The van der Waals surface area contributed by atoms with Gasteiger partial charge in [-0.05, 0) is 36.4 Å². The van der Waals surface area contributed by atoms with Gasteiger partial charge in [0.15, 0.2) is 0 Å². The lowest BCUT2D eigenvalue weighted by atomic mass is 10.2. The average Bonchev–Trinajstić information content (AvgIpc) is 2.89. The number of carbonyl (C=O) groups excluding carboxylic acids is 2. The Kier molecular flexibility index (Phi) is 4.34. The monoisotopic (exact) mass is 341 g/mol. The Morgan fingerprint density at radius 1 is 1.12 bits per heavy atom. The van der Waals surface area contributed by atoms with Crippen LogP contribution in [-0.2, 0) is 9.59 Å². The van der Waals surface area contributed by atoms with Gasteiger partial charge in [-0.2, -0.15) is 0 Å². The second-order valence-electron chi connectivity index (χ2n) is 5.47. The van der Waals surface area contributed by atoms with Crippen LogP contribution in [-0.4, -0.2) is 29.9 Å². The molecule has 1 unspecified atom stereocenters. The molecule has 1 aliphatic rings. The van der Waals surface area contributed by atoms with Gasteiger partial charge in [-0.15, -0.1) is 0 Å². The predicted molar refractivity (Wildman–Crippen MR) is 90.6 cm³/mol.